The van der Waals surface area contributed by atoms with Crippen molar-refractivity contribution in [3.63, 3.8) is 0 Å². The van der Waals surface area contributed by atoms with Gasteiger partial charge in [-0.05, 0) is 60.7 Å². The van der Waals surface area contributed by atoms with E-state index in [0.29, 0.717) is 28.3 Å². The second-order valence-corrected chi connectivity index (χ2v) is 7.52. The lowest BCUT2D eigenvalue weighted by molar-refractivity contribution is 0.0437. The van der Waals surface area contributed by atoms with Crippen LogP contribution in [0.25, 0.3) is 11.3 Å². The van der Waals surface area contributed by atoms with E-state index in [9.17, 15) is 14.4 Å². The summed E-state index contributed by atoms with van der Waals surface area (Å²) in [5.74, 6) is -0.239. The number of nitrogens with zero attached hydrogens (tertiary/aromatic N) is 2. The number of carbonyl (C=O) groups excluding carboxylic acids is 3. The number of ether oxygens (including phenoxy) is 2. The number of hydrogen-bond donors (Lipinski definition) is 0. The molecule has 0 saturated carbocycles. The van der Waals surface area contributed by atoms with Gasteiger partial charge in [-0.15, -0.1) is 0 Å². The first-order chi connectivity index (χ1) is 16.5. The van der Waals surface area contributed by atoms with Crippen molar-refractivity contribution < 1.29 is 28.4 Å². The topological polar surface area (TPSA) is 98.9 Å². The fourth-order valence-corrected chi connectivity index (χ4v) is 3.67. The van der Waals surface area contributed by atoms with Gasteiger partial charge in [0.2, 0.25) is 0 Å². The third-order valence-electron chi connectivity index (χ3n) is 5.45. The minimum Gasteiger partial charge on any atom is -0.497 e. The number of esters is 1. The molecule has 0 aliphatic carbocycles. The number of imide groups is 1. The molecule has 2 heterocycles. The van der Waals surface area contributed by atoms with Crippen LogP contribution in [0.15, 0.2) is 83.4 Å². The monoisotopic (exact) mass is 454 g/mol. The Bertz CT molecular complexity index is 1350. The highest BCUT2D eigenvalue weighted by Gasteiger charge is 2.36. The van der Waals surface area contributed by atoms with E-state index >= 15 is 0 Å². The van der Waals surface area contributed by atoms with Crippen molar-refractivity contribution in [2.24, 2.45) is 0 Å². The highest BCUT2D eigenvalue weighted by atomic mass is 16.5. The Labute approximate surface area is 194 Å². The number of rotatable bonds is 6. The second-order valence-electron chi connectivity index (χ2n) is 7.52. The molecule has 4 aromatic rings. The van der Waals surface area contributed by atoms with Gasteiger partial charge in [0.15, 0.2) is 12.4 Å². The van der Waals surface area contributed by atoms with E-state index in [2.05, 4.69) is 5.16 Å². The summed E-state index contributed by atoms with van der Waals surface area (Å²) in [6, 6.07) is 21.8. The molecular weight excluding hydrogens is 436 g/mol. The van der Waals surface area contributed by atoms with Crippen LogP contribution in [0.4, 0.5) is 5.69 Å². The van der Waals surface area contributed by atoms with Gasteiger partial charge in [0.25, 0.3) is 11.8 Å². The molecule has 168 valence electrons. The van der Waals surface area contributed by atoms with Crippen LogP contribution in [0.5, 0.6) is 5.75 Å². The first kappa shape index (κ1) is 21.1. The van der Waals surface area contributed by atoms with Crippen LogP contribution in [0.2, 0.25) is 0 Å². The number of amides is 2. The number of carbonyl (C=O) groups is 3. The molecule has 0 saturated heterocycles. The van der Waals surface area contributed by atoms with Gasteiger partial charge in [-0.2, -0.15) is 0 Å². The van der Waals surface area contributed by atoms with Crippen LogP contribution in [0, 0.1) is 0 Å². The summed E-state index contributed by atoms with van der Waals surface area (Å²) < 4.78 is 15.7. The zero-order chi connectivity index (χ0) is 23.7. The molecule has 0 N–H and O–H groups in total. The standard InChI is InChI=1S/C26H18N2O6/c1-32-19-12-8-16(9-13-19)23-14-20(34-27-23)15-33-26(31)17-6-10-18(11-7-17)28-24(29)21-4-2-3-5-22(21)25(28)30/h2-14H,15H2,1H3. The zero-order valence-corrected chi connectivity index (χ0v) is 18.1. The van der Waals surface area contributed by atoms with Gasteiger partial charge in [-0.25, -0.2) is 9.69 Å². The highest BCUT2D eigenvalue weighted by molar-refractivity contribution is 6.34. The Balaban J connectivity index is 1.23. The zero-order valence-electron chi connectivity index (χ0n) is 18.1. The van der Waals surface area contributed by atoms with Crippen molar-refractivity contribution in [3.8, 4) is 17.0 Å². The number of fused-ring (bicyclic) bond motifs is 1. The quantitative estimate of drug-likeness (QED) is 0.312. The number of aromatic nitrogens is 1. The minimum absolute atomic E-state index is 0.0951. The van der Waals surface area contributed by atoms with Crippen LogP contribution >= 0.6 is 0 Å². The maximum absolute atomic E-state index is 12.6. The Morgan fingerprint density at radius 1 is 0.912 bits per heavy atom. The van der Waals surface area contributed by atoms with E-state index in [-0.39, 0.29) is 12.2 Å². The molecule has 1 aliphatic rings. The lowest BCUT2D eigenvalue weighted by atomic mass is 10.1. The molecule has 5 rings (SSSR count). The minimum atomic E-state index is -0.573. The molecule has 8 heteroatoms. The Morgan fingerprint density at radius 3 is 2.18 bits per heavy atom. The summed E-state index contributed by atoms with van der Waals surface area (Å²) in [7, 11) is 1.59. The Morgan fingerprint density at radius 2 is 1.56 bits per heavy atom. The maximum Gasteiger partial charge on any atom is 0.338 e. The molecule has 8 nitrogen and oxygen atoms in total. The van der Waals surface area contributed by atoms with E-state index in [1.807, 2.05) is 24.3 Å². The van der Waals surface area contributed by atoms with E-state index in [1.54, 1.807) is 37.4 Å². The molecule has 0 fully saturated rings. The van der Waals surface area contributed by atoms with Gasteiger partial charge in [-0.3, -0.25) is 9.59 Å². The fourth-order valence-electron chi connectivity index (χ4n) is 3.67. The van der Waals surface area contributed by atoms with Crippen molar-refractivity contribution in [2.45, 2.75) is 6.61 Å². The molecule has 2 amide bonds. The second kappa shape index (κ2) is 8.67. The van der Waals surface area contributed by atoms with E-state index in [4.69, 9.17) is 14.0 Å². The van der Waals surface area contributed by atoms with E-state index < -0.39 is 17.8 Å². The van der Waals surface area contributed by atoms with Crippen molar-refractivity contribution in [1.29, 1.82) is 0 Å². The van der Waals surface area contributed by atoms with Crippen LogP contribution in [0.3, 0.4) is 0 Å². The summed E-state index contributed by atoms with van der Waals surface area (Å²) in [4.78, 5) is 38.8. The van der Waals surface area contributed by atoms with Gasteiger partial charge in [0.05, 0.1) is 29.5 Å². The molecule has 0 radical (unpaired) electrons. The third kappa shape index (κ3) is 3.81. The normalized spacial score (nSPS) is 12.6. The smallest absolute Gasteiger partial charge is 0.338 e. The van der Waals surface area contributed by atoms with Gasteiger partial charge < -0.3 is 14.0 Å². The number of benzene rings is 3. The molecule has 0 bridgehead atoms. The molecule has 0 atom stereocenters. The molecular formula is C26H18N2O6. The summed E-state index contributed by atoms with van der Waals surface area (Å²) in [6.45, 7) is -0.0951. The predicted octanol–water partition coefficient (Wildman–Crippen LogP) is 4.51. The molecule has 0 spiro atoms. The molecule has 3 aromatic carbocycles. The van der Waals surface area contributed by atoms with Gasteiger partial charge in [0.1, 0.15) is 11.4 Å². The van der Waals surface area contributed by atoms with Gasteiger partial charge >= 0.3 is 5.97 Å². The Hall–Kier alpha value is -4.72. The molecule has 0 unspecified atom stereocenters. The van der Waals surface area contributed by atoms with Crippen molar-refractivity contribution in [3.05, 3.63) is 101 Å². The summed E-state index contributed by atoms with van der Waals surface area (Å²) in [5, 5.41) is 4.00. The fraction of sp³-hybridized carbons (Fsp3) is 0.0769. The predicted molar refractivity (Wildman–Crippen MR) is 122 cm³/mol. The Kier molecular flexibility index (Phi) is 5.39. The molecule has 34 heavy (non-hydrogen) atoms. The largest absolute Gasteiger partial charge is 0.497 e. The van der Waals surface area contributed by atoms with Crippen molar-refractivity contribution in [1.82, 2.24) is 5.16 Å². The average Bonchev–Trinajstić information content (AvgIpc) is 3.46. The summed E-state index contributed by atoms with van der Waals surface area (Å²) in [6.07, 6.45) is 0. The van der Waals surface area contributed by atoms with Crippen molar-refractivity contribution >= 4 is 23.5 Å². The van der Waals surface area contributed by atoms with Crippen LogP contribution in [-0.4, -0.2) is 30.1 Å². The van der Waals surface area contributed by atoms with Crippen LogP contribution in [0.1, 0.15) is 36.8 Å². The molecule has 1 aliphatic heterocycles. The van der Waals surface area contributed by atoms with Crippen molar-refractivity contribution in [2.75, 3.05) is 12.0 Å². The van der Waals surface area contributed by atoms with Gasteiger partial charge in [0, 0.05) is 11.6 Å². The van der Waals surface area contributed by atoms with Crippen LogP contribution in [-0.2, 0) is 11.3 Å². The maximum atomic E-state index is 12.6. The number of methoxy groups -OCH3 is 1. The van der Waals surface area contributed by atoms with Crippen LogP contribution < -0.4 is 9.64 Å². The molecule has 1 aromatic heterocycles. The SMILES string of the molecule is COc1ccc(-c2cc(COC(=O)c3ccc(N4C(=O)c5ccccc5C4=O)cc3)on2)cc1. The summed E-state index contributed by atoms with van der Waals surface area (Å²) >= 11 is 0. The van der Waals surface area contributed by atoms with E-state index in [0.717, 1.165) is 16.2 Å². The van der Waals surface area contributed by atoms with Gasteiger partial charge in [-0.1, -0.05) is 17.3 Å². The summed E-state index contributed by atoms with van der Waals surface area (Å²) in [5.41, 5.74) is 2.82. The first-order valence-corrected chi connectivity index (χ1v) is 10.4. The first-order valence-electron chi connectivity index (χ1n) is 10.4. The number of anilines is 1. The third-order valence-corrected chi connectivity index (χ3v) is 5.45. The number of hydrogen-bond acceptors (Lipinski definition) is 7. The highest BCUT2D eigenvalue weighted by Crippen LogP contribution is 2.28. The lowest BCUT2D eigenvalue weighted by Gasteiger charge is -2.14. The van der Waals surface area contributed by atoms with E-state index in [1.165, 1.54) is 24.3 Å². The average molecular weight is 454 g/mol. The lowest BCUT2D eigenvalue weighted by Crippen LogP contribution is -2.29.